The number of fused-ring (bicyclic) bond motifs is 1. The highest BCUT2D eigenvalue weighted by Gasteiger charge is 2.18. The van der Waals surface area contributed by atoms with Gasteiger partial charge < -0.3 is 15.1 Å². The van der Waals surface area contributed by atoms with Gasteiger partial charge in [-0.2, -0.15) is 4.98 Å². The number of nitrogens with zero attached hydrogens (tertiary/aromatic N) is 4. The summed E-state index contributed by atoms with van der Waals surface area (Å²) in [6.45, 7) is 7.09. The predicted octanol–water partition coefficient (Wildman–Crippen LogP) is 1.81. The first-order valence-electron chi connectivity index (χ1n) is 7.22. The third kappa shape index (κ3) is 2.54. The van der Waals surface area contributed by atoms with Gasteiger partial charge in [0.1, 0.15) is 5.82 Å². The molecule has 0 bridgehead atoms. The van der Waals surface area contributed by atoms with Crippen molar-refractivity contribution < 1.29 is 0 Å². The predicted molar refractivity (Wildman–Crippen MR) is 83.4 cm³/mol. The molecule has 0 aliphatic carbocycles. The van der Waals surface area contributed by atoms with Gasteiger partial charge in [-0.1, -0.05) is 12.1 Å². The van der Waals surface area contributed by atoms with Crippen LogP contribution in [0.5, 0.6) is 0 Å². The number of hydrogen-bond acceptors (Lipinski definition) is 5. The van der Waals surface area contributed by atoms with Gasteiger partial charge in [-0.25, -0.2) is 4.98 Å². The van der Waals surface area contributed by atoms with E-state index in [1.54, 1.807) is 0 Å². The average Bonchev–Trinajstić information content (AvgIpc) is 2.48. The van der Waals surface area contributed by atoms with E-state index in [9.17, 15) is 0 Å². The largest absolute Gasteiger partial charge is 0.354 e. The standard InChI is InChI=1S/C15H21N5/c1-3-16-15-17-13-7-5-4-6-12(13)14(18-15)20-10-8-19(2)9-11-20/h4-7H,3,8-11H2,1-2H3,(H,16,17,18). The quantitative estimate of drug-likeness (QED) is 0.922. The Balaban J connectivity index is 2.03. The molecule has 2 heterocycles. The molecule has 1 aromatic heterocycles. The number of aromatic nitrogens is 2. The maximum Gasteiger partial charge on any atom is 0.225 e. The molecule has 1 aliphatic heterocycles. The Morgan fingerprint density at radius 1 is 1.10 bits per heavy atom. The summed E-state index contributed by atoms with van der Waals surface area (Å²) in [6, 6.07) is 8.24. The van der Waals surface area contributed by atoms with Gasteiger partial charge in [-0.15, -0.1) is 0 Å². The van der Waals surface area contributed by atoms with Crippen molar-refractivity contribution in [1.29, 1.82) is 0 Å². The Hall–Kier alpha value is -1.88. The molecule has 3 rings (SSSR count). The molecule has 1 aromatic carbocycles. The van der Waals surface area contributed by atoms with E-state index in [-0.39, 0.29) is 0 Å². The molecule has 5 nitrogen and oxygen atoms in total. The minimum atomic E-state index is 0.722. The molecule has 5 heteroatoms. The molecular weight excluding hydrogens is 250 g/mol. The average molecular weight is 271 g/mol. The molecular formula is C15H21N5. The maximum atomic E-state index is 4.72. The Morgan fingerprint density at radius 3 is 2.60 bits per heavy atom. The summed E-state index contributed by atoms with van der Waals surface area (Å²) in [5, 5.41) is 4.37. The molecule has 1 N–H and O–H groups in total. The van der Waals surface area contributed by atoms with Crippen molar-refractivity contribution in [3.63, 3.8) is 0 Å². The van der Waals surface area contributed by atoms with Crippen LogP contribution < -0.4 is 10.2 Å². The van der Waals surface area contributed by atoms with Gasteiger partial charge in [0.05, 0.1) is 5.52 Å². The van der Waals surface area contributed by atoms with Crippen LogP contribution in [-0.4, -0.2) is 54.6 Å². The smallest absolute Gasteiger partial charge is 0.225 e. The lowest BCUT2D eigenvalue weighted by atomic mass is 10.2. The number of piperazine rings is 1. The number of nitrogens with one attached hydrogen (secondary N) is 1. The van der Waals surface area contributed by atoms with Crippen LogP contribution in [0.2, 0.25) is 0 Å². The molecule has 106 valence electrons. The Kier molecular flexibility index (Phi) is 3.69. The van der Waals surface area contributed by atoms with Crippen LogP contribution in [0, 0.1) is 0 Å². The molecule has 20 heavy (non-hydrogen) atoms. The summed E-state index contributed by atoms with van der Waals surface area (Å²) in [4.78, 5) is 14.0. The molecule has 0 saturated carbocycles. The molecule has 0 unspecified atom stereocenters. The van der Waals surface area contributed by atoms with Crippen molar-refractivity contribution in [1.82, 2.24) is 14.9 Å². The zero-order valence-corrected chi connectivity index (χ0v) is 12.1. The number of rotatable bonds is 3. The second kappa shape index (κ2) is 5.63. The first kappa shape index (κ1) is 13.1. The second-order valence-electron chi connectivity index (χ2n) is 5.21. The third-order valence-electron chi connectivity index (χ3n) is 3.72. The SMILES string of the molecule is CCNc1nc(N2CCN(C)CC2)c2ccccc2n1. The fourth-order valence-corrected chi connectivity index (χ4v) is 2.56. The van der Waals surface area contributed by atoms with E-state index in [1.165, 1.54) is 0 Å². The molecule has 0 spiro atoms. The molecule has 2 aromatic rings. The summed E-state index contributed by atoms with van der Waals surface area (Å²) in [6.07, 6.45) is 0. The minimum Gasteiger partial charge on any atom is -0.354 e. The summed E-state index contributed by atoms with van der Waals surface area (Å²) in [5.74, 6) is 1.78. The van der Waals surface area contributed by atoms with Crippen LogP contribution in [0.4, 0.5) is 11.8 Å². The van der Waals surface area contributed by atoms with Crippen molar-refractivity contribution in [2.75, 3.05) is 50.0 Å². The van der Waals surface area contributed by atoms with E-state index in [2.05, 4.69) is 52.3 Å². The van der Waals surface area contributed by atoms with Crippen molar-refractivity contribution in [3.8, 4) is 0 Å². The van der Waals surface area contributed by atoms with Gasteiger partial charge >= 0.3 is 0 Å². The van der Waals surface area contributed by atoms with E-state index in [0.717, 1.165) is 55.4 Å². The zero-order chi connectivity index (χ0) is 13.9. The van der Waals surface area contributed by atoms with Crippen molar-refractivity contribution >= 4 is 22.7 Å². The van der Waals surface area contributed by atoms with E-state index >= 15 is 0 Å². The highest BCUT2D eigenvalue weighted by atomic mass is 15.3. The molecule has 1 saturated heterocycles. The van der Waals surface area contributed by atoms with Crippen LogP contribution in [0.15, 0.2) is 24.3 Å². The molecule has 1 fully saturated rings. The van der Waals surface area contributed by atoms with E-state index in [0.29, 0.717) is 0 Å². The number of para-hydroxylation sites is 1. The number of anilines is 2. The highest BCUT2D eigenvalue weighted by Crippen LogP contribution is 2.25. The van der Waals surface area contributed by atoms with Crippen molar-refractivity contribution in [2.24, 2.45) is 0 Å². The van der Waals surface area contributed by atoms with Gasteiger partial charge in [0.25, 0.3) is 0 Å². The maximum absolute atomic E-state index is 4.72. The number of benzene rings is 1. The lowest BCUT2D eigenvalue weighted by molar-refractivity contribution is 0.312. The minimum absolute atomic E-state index is 0.722. The molecule has 0 atom stereocenters. The van der Waals surface area contributed by atoms with Gasteiger partial charge in [0.15, 0.2) is 0 Å². The van der Waals surface area contributed by atoms with Crippen molar-refractivity contribution in [3.05, 3.63) is 24.3 Å². The lowest BCUT2D eigenvalue weighted by Gasteiger charge is -2.33. The monoisotopic (exact) mass is 271 g/mol. The van der Waals surface area contributed by atoms with Crippen LogP contribution in [0.25, 0.3) is 10.9 Å². The number of hydrogen-bond donors (Lipinski definition) is 1. The molecule has 0 radical (unpaired) electrons. The fourth-order valence-electron chi connectivity index (χ4n) is 2.56. The number of likely N-dealkylation sites (N-methyl/N-ethyl adjacent to an activating group) is 1. The highest BCUT2D eigenvalue weighted by molar-refractivity contribution is 5.90. The van der Waals surface area contributed by atoms with Crippen LogP contribution >= 0.6 is 0 Å². The normalized spacial score (nSPS) is 16.6. The van der Waals surface area contributed by atoms with E-state index < -0.39 is 0 Å². The Labute approximate surface area is 119 Å². The topological polar surface area (TPSA) is 44.3 Å². The Morgan fingerprint density at radius 2 is 1.85 bits per heavy atom. The molecule has 0 amide bonds. The zero-order valence-electron chi connectivity index (χ0n) is 12.1. The summed E-state index contributed by atoms with van der Waals surface area (Å²) in [7, 11) is 2.17. The van der Waals surface area contributed by atoms with Gasteiger partial charge in [-0.05, 0) is 26.1 Å². The first-order valence-corrected chi connectivity index (χ1v) is 7.22. The van der Waals surface area contributed by atoms with Crippen LogP contribution in [-0.2, 0) is 0 Å². The fraction of sp³-hybridized carbons (Fsp3) is 0.467. The van der Waals surface area contributed by atoms with E-state index in [4.69, 9.17) is 4.98 Å². The summed E-state index contributed by atoms with van der Waals surface area (Å²) >= 11 is 0. The molecule has 1 aliphatic rings. The first-order chi connectivity index (χ1) is 9.78. The van der Waals surface area contributed by atoms with Gasteiger partial charge in [0, 0.05) is 38.1 Å². The summed E-state index contributed by atoms with van der Waals surface area (Å²) in [5.41, 5.74) is 1.01. The Bertz CT molecular complexity index is 590. The van der Waals surface area contributed by atoms with Gasteiger partial charge in [-0.3, -0.25) is 0 Å². The van der Waals surface area contributed by atoms with E-state index in [1.807, 2.05) is 6.07 Å². The van der Waals surface area contributed by atoms with Crippen LogP contribution in [0.1, 0.15) is 6.92 Å². The van der Waals surface area contributed by atoms with Crippen molar-refractivity contribution in [2.45, 2.75) is 6.92 Å². The third-order valence-corrected chi connectivity index (χ3v) is 3.72. The lowest BCUT2D eigenvalue weighted by Crippen LogP contribution is -2.45. The summed E-state index contributed by atoms with van der Waals surface area (Å²) < 4.78 is 0. The van der Waals surface area contributed by atoms with Gasteiger partial charge in [0.2, 0.25) is 5.95 Å². The van der Waals surface area contributed by atoms with Crippen LogP contribution in [0.3, 0.4) is 0 Å². The second-order valence-corrected chi connectivity index (χ2v) is 5.21.